The average molecular weight is 289 g/mol. The zero-order valence-electron chi connectivity index (χ0n) is 12.0. The Hall–Kier alpha value is -2.05. The molecule has 0 spiro atoms. The van der Waals surface area contributed by atoms with E-state index in [1.54, 1.807) is 7.11 Å². The van der Waals surface area contributed by atoms with E-state index in [1.165, 1.54) is 6.20 Å². The number of nitrogens with one attached hydrogen (secondary N) is 1. The molecular formula is C15H19N3O3. The number of carbonyl (C=O) groups is 1. The summed E-state index contributed by atoms with van der Waals surface area (Å²) in [5.41, 5.74) is 1.82. The number of hydrogen-bond donors (Lipinski definition) is 1. The van der Waals surface area contributed by atoms with E-state index in [0.29, 0.717) is 37.6 Å². The van der Waals surface area contributed by atoms with Gasteiger partial charge >= 0.3 is 0 Å². The van der Waals surface area contributed by atoms with Crippen LogP contribution in [-0.2, 0) is 9.47 Å². The highest BCUT2D eigenvalue weighted by Crippen LogP contribution is 2.08. The van der Waals surface area contributed by atoms with Gasteiger partial charge in [0.25, 0.3) is 5.91 Å². The van der Waals surface area contributed by atoms with E-state index in [1.807, 2.05) is 24.3 Å². The van der Waals surface area contributed by atoms with Gasteiger partial charge in [-0.05, 0) is 18.6 Å². The molecule has 6 heteroatoms. The largest absolute Gasteiger partial charge is 0.382 e. The SMILES string of the molecule is COCCOCCCNC(=O)c1cnc2ccccc2n1. The second kappa shape index (κ2) is 8.28. The summed E-state index contributed by atoms with van der Waals surface area (Å²) in [5.74, 6) is -0.217. The third-order valence-corrected chi connectivity index (χ3v) is 2.86. The molecule has 1 N–H and O–H groups in total. The third-order valence-electron chi connectivity index (χ3n) is 2.86. The third kappa shape index (κ3) is 4.77. The van der Waals surface area contributed by atoms with Crippen molar-refractivity contribution in [1.29, 1.82) is 0 Å². The maximum Gasteiger partial charge on any atom is 0.271 e. The highest BCUT2D eigenvalue weighted by molar-refractivity contribution is 5.93. The van der Waals surface area contributed by atoms with Crippen molar-refractivity contribution in [3.8, 4) is 0 Å². The van der Waals surface area contributed by atoms with Crippen molar-refractivity contribution in [2.45, 2.75) is 6.42 Å². The zero-order chi connectivity index (χ0) is 14.9. The van der Waals surface area contributed by atoms with E-state index < -0.39 is 0 Å². The summed E-state index contributed by atoms with van der Waals surface area (Å²) in [6.45, 7) is 2.28. The minimum absolute atomic E-state index is 0.217. The summed E-state index contributed by atoms with van der Waals surface area (Å²) >= 11 is 0. The number of aromatic nitrogens is 2. The molecule has 112 valence electrons. The molecule has 0 aliphatic heterocycles. The van der Waals surface area contributed by atoms with Crippen molar-refractivity contribution < 1.29 is 14.3 Å². The first kappa shape index (κ1) is 15.3. The highest BCUT2D eigenvalue weighted by Gasteiger charge is 2.08. The smallest absolute Gasteiger partial charge is 0.271 e. The van der Waals surface area contributed by atoms with Crippen molar-refractivity contribution in [1.82, 2.24) is 15.3 Å². The number of para-hydroxylation sites is 2. The maximum absolute atomic E-state index is 11.9. The molecule has 0 fully saturated rings. The molecule has 0 saturated heterocycles. The van der Waals surface area contributed by atoms with Gasteiger partial charge in [0.1, 0.15) is 5.69 Å². The van der Waals surface area contributed by atoms with Gasteiger partial charge in [0.05, 0.1) is 30.4 Å². The molecule has 0 radical (unpaired) electrons. The molecule has 6 nitrogen and oxygen atoms in total. The molecule has 21 heavy (non-hydrogen) atoms. The Labute approximate surface area is 123 Å². The monoisotopic (exact) mass is 289 g/mol. The van der Waals surface area contributed by atoms with Gasteiger partial charge in [-0.25, -0.2) is 4.98 Å². The van der Waals surface area contributed by atoms with Crippen LogP contribution in [0, 0.1) is 0 Å². The predicted molar refractivity (Wildman–Crippen MR) is 79.2 cm³/mol. The number of hydrogen-bond acceptors (Lipinski definition) is 5. The van der Waals surface area contributed by atoms with Crippen molar-refractivity contribution in [2.75, 3.05) is 33.5 Å². The van der Waals surface area contributed by atoms with E-state index in [9.17, 15) is 4.79 Å². The van der Waals surface area contributed by atoms with Crippen LogP contribution in [0.5, 0.6) is 0 Å². The molecule has 1 amide bonds. The first-order valence-electron chi connectivity index (χ1n) is 6.88. The number of fused-ring (bicyclic) bond motifs is 1. The quantitative estimate of drug-likeness (QED) is 0.744. The van der Waals surface area contributed by atoms with E-state index in [2.05, 4.69) is 15.3 Å². The van der Waals surface area contributed by atoms with Crippen LogP contribution in [-0.4, -0.2) is 49.4 Å². The van der Waals surface area contributed by atoms with Crippen molar-refractivity contribution in [3.63, 3.8) is 0 Å². The first-order chi connectivity index (χ1) is 10.3. The number of nitrogens with zero attached hydrogens (tertiary/aromatic N) is 2. The normalized spacial score (nSPS) is 10.7. The summed E-state index contributed by atoms with van der Waals surface area (Å²) in [7, 11) is 1.63. The average Bonchev–Trinajstić information content (AvgIpc) is 2.53. The zero-order valence-corrected chi connectivity index (χ0v) is 12.0. The molecule has 1 aromatic carbocycles. The summed E-state index contributed by atoms with van der Waals surface area (Å²) in [6.07, 6.45) is 2.24. The fourth-order valence-electron chi connectivity index (χ4n) is 1.78. The van der Waals surface area contributed by atoms with Crippen LogP contribution >= 0.6 is 0 Å². The number of carbonyl (C=O) groups excluding carboxylic acids is 1. The van der Waals surface area contributed by atoms with Crippen LogP contribution < -0.4 is 5.32 Å². The van der Waals surface area contributed by atoms with Crippen LogP contribution in [0.15, 0.2) is 30.5 Å². The lowest BCUT2D eigenvalue weighted by Gasteiger charge is -2.06. The van der Waals surface area contributed by atoms with Gasteiger partial charge in [0.2, 0.25) is 0 Å². The van der Waals surface area contributed by atoms with Crippen LogP contribution in [0.2, 0.25) is 0 Å². The number of benzene rings is 1. The second-order valence-corrected chi connectivity index (χ2v) is 4.46. The predicted octanol–water partition coefficient (Wildman–Crippen LogP) is 1.41. The number of amides is 1. The van der Waals surface area contributed by atoms with Gasteiger partial charge < -0.3 is 14.8 Å². The lowest BCUT2D eigenvalue weighted by atomic mass is 10.3. The van der Waals surface area contributed by atoms with E-state index in [4.69, 9.17) is 9.47 Å². The number of methoxy groups -OCH3 is 1. The summed E-state index contributed by atoms with van der Waals surface area (Å²) < 4.78 is 10.2. The second-order valence-electron chi connectivity index (χ2n) is 4.46. The fraction of sp³-hybridized carbons (Fsp3) is 0.400. The van der Waals surface area contributed by atoms with Crippen molar-refractivity contribution >= 4 is 16.9 Å². The molecular weight excluding hydrogens is 270 g/mol. The topological polar surface area (TPSA) is 73.3 Å². The fourth-order valence-corrected chi connectivity index (χ4v) is 1.78. The molecule has 2 rings (SSSR count). The molecule has 1 heterocycles. The van der Waals surface area contributed by atoms with Crippen LogP contribution in [0.4, 0.5) is 0 Å². The summed E-state index contributed by atoms with van der Waals surface area (Å²) in [6, 6.07) is 7.46. The van der Waals surface area contributed by atoms with Crippen LogP contribution in [0.1, 0.15) is 16.9 Å². The van der Waals surface area contributed by atoms with Gasteiger partial charge in [0, 0.05) is 20.3 Å². The molecule has 0 atom stereocenters. The molecule has 0 aliphatic carbocycles. The first-order valence-corrected chi connectivity index (χ1v) is 6.88. The highest BCUT2D eigenvalue weighted by atomic mass is 16.5. The van der Waals surface area contributed by atoms with E-state index in [-0.39, 0.29) is 5.91 Å². The van der Waals surface area contributed by atoms with E-state index >= 15 is 0 Å². The molecule has 1 aromatic heterocycles. The number of ether oxygens (including phenoxy) is 2. The minimum atomic E-state index is -0.217. The van der Waals surface area contributed by atoms with Crippen LogP contribution in [0.25, 0.3) is 11.0 Å². The Balaban J connectivity index is 1.77. The Morgan fingerprint density at radius 1 is 1.19 bits per heavy atom. The van der Waals surface area contributed by atoms with Gasteiger partial charge in [-0.3, -0.25) is 9.78 Å². The minimum Gasteiger partial charge on any atom is -0.382 e. The standard InChI is InChI=1S/C15H19N3O3/c1-20-9-10-21-8-4-7-16-15(19)14-11-17-12-5-2-3-6-13(12)18-14/h2-3,5-6,11H,4,7-10H2,1H3,(H,16,19). The molecule has 2 aromatic rings. The van der Waals surface area contributed by atoms with Gasteiger partial charge in [-0.1, -0.05) is 12.1 Å². The maximum atomic E-state index is 11.9. The Bertz CT molecular complexity index is 589. The van der Waals surface area contributed by atoms with Crippen molar-refractivity contribution in [2.24, 2.45) is 0 Å². The lowest BCUT2D eigenvalue weighted by molar-refractivity contribution is 0.0688. The Kier molecular flexibility index (Phi) is 6.05. The molecule has 0 saturated carbocycles. The molecule has 0 aliphatic rings. The van der Waals surface area contributed by atoms with Crippen LogP contribution in [0.3, 0.4) is 0 Å². The molecule has 0 bridgehead atoms. The van der Waals surface area contributed by atoms with Gasteiger partial charge in [-0.15, -0.1) is 0 Å². The number of rotatable bonds is 8. The summed E-state index contributed by atoms with van der Waals surface area (Å²) in [5, 5.41) is 2.80. The summed E-state index contributed by atoms with van der Waals surface area (Å²) in [4.78, 5) is 20.5. The van der Waals surface area contributed by atoms with Crippen molar-refractivity contribution in [3.05, 3.63) is 36.2 Å². The van der Waals surface area contributed by atoms with Gasteiger partial charge in [0.15, 0.2) is 0 Å². The molecule has 0 unspecified atom stereocenters. The Morgan fingerprint density at radius 3 is 2.81 bits per heavy atom. The van der Waals surface area contributed by atoms with Gasteiger partial charge in [-0.2, -0.15) is 0 Å². The van der Waals surface area contributed by atoms with E-state index in [0.717, 1.165) is 11.9 Å². The lowest BCUT2D eigenvalue weighted by Crippen LogP contribution is -2.26. The Morgan fingerprint density at radius 2 is 2.00 bits per heavy atom.